The molecule has 0 unspecified atom stereocenters. The van der Waals surface area contributed by atoms with Crippen LogP contribution in [-0.2, 0) is 4.79 Å². The molecule has 0 aliphatic rings. The normalized spacial score (nSPS) is 10.4. The van der Waals surface area contributed by atoms with Crippen molar-refractivity contribution in [1.29, 1.82) is 0 Å². The molecule has 0 saturated heterocycles. The van der Waals surface area contributed by atoms with Crippen molar-refractivity contribution in [3.63, 3.8) is 0 Å². The van der Waals surface area contributed by atoms with Crippen molar-refractivity contribution in [2.45, 2.75) is 18.2 Å². The van der Waals surface area contributed by atoms with Crippen molar-refractivity contribution in [2.75, 3.05) is 23.0 Å². The summed E-state index contributed by atoms with van der Waals surface area (Å²) < 4.78 is 6.33. The van der Waals surface area contributed by atoms with Gasteiger partial charge in [-0.25, -0.2) is 0 Å². The van der Waals surface area contributed by atoms with Crippen LogP contribution in [0.25, 0.3) is 0 Å². The van der Waals surface area contributed by atoms with Crippen LogP contribution in [0, 0.1) is 6.92 Å². The van der Waals surface area contributed by atoms with Gasteiger partial charge in [0.1, 0.15) is 5.75 Å². The van der Waals surface area contributed by atoms with Gasteiger partial charge < -0.3 is 15.4 Å². The number of hydrogen-bond donors (Lipinski definition) is 2. The van der Waals surface area contributed by atoms with Gasteiger partial charge in [-0.2, -0.15) is 0 Å². The van der Waals surface area contributed by atoms with Crippen LogP contribution < -0.4 is 15.4 Å². The second-order valence-electron chi connectivity index (χ2n) is 5.58. The highest BCUT2D eigenvalue weighted by atomic mass is 32.2. The predicted octanol–water partition coefficient (Wildman–Crippen LogP) is 4.72. The molecule has 0 bridgehead atoms. The minimum Gasteiger partial charge on any atom is -0.492 e. The molecule has 0 spiro atoms. The summed E-state index contributed by atoms with van der Waals surface area (Å²) in [5, 5.41) is 15.1. The van der Waals surface area contributed by atoms with Crippen molar-refractivity contribution in [3.8, 4) is 5.75 Å². The number of anilines is 3. The summed E-state index contributed by atoms with van der Waals surface area (Å²) in [6.45, 7) is 4.50. The number of carbonyl (C=O) groups is 1. The number of nitrogens with zero attached hydrogens (tertiary/aromatic N) is 2. The van der Waals surface area contributed by atoms with E-state index in [9.17, 15) is 4.79 Å². The van der Waals surface area contributed by atoms with E-state index in [1.807, 2.05) is 62.4 Å². The monoisotopic (exact) mass is 400 g/mol. The zero-order chi connectivity index (χ0) is 19.1. The first-order valence-electron chi connectivity index (χ1n) is 8.46. The van der Waals surface area contributed by atoms with E-state index in [2.05, 4.69) is 20.8 Å². The third kappa shape index (κ3) is 5.45. The summed E-state index contributed by atoms with van der Waals surface area (Å²) in [7, 11) is 0. The Balaban J connectivity index is 1.55. The highest BCUT2D eigenvalue weighted by Crippen LogP contribution is 2.31. The molecular formula is C19H20N4O2S2. The van der Waals surface area contributed by atoms with Crippen molar-refractivity contribution in [2.24, 2.45) is 0 Å². The lowest BCUT2D eigenvalue weighted by atomic mass is 10.2. The number of aromatic nitrogens is 2. The average molecular weight is 401 g/mol. The fourth-order valence-corrected chi connectivity index (χ4v) is 3.88. The van der Waals surface area contributed by atoms with Gasteiger partial charge in [-0.05, 0) is 37.6 Å². The van der Waals surface area contributed by atoms with E-state index >= 15 is 0 Å². The fourth-order valence-electron chi connectivity index (χ4n) is 2.31. The van der Waals surface area contributed by atoms with E-state index in [0.717, 1.165) is 27.0 Å². The number of para-hydroxylation sites is 3. The highest BCUT2D eigenvalue weighted by molar-refractivity contribution is 8.01. The number of carbonyl (C=O) groups excluding carboxylic acids is 1. The molecule has 0 aliphatic heterocycles. The maximum absolute atomic E-state index is 12.1. The van der Waals surface area contributed by atoms with Gasteiger partial charge in [0.2, 0.25) is 11.0 Å². The largest absolute Gasteiger partial charge is 0.492 e. The molecule has 0 atom stereocenters. The highest BCUT2D eigenvalue weighted by Gasteiger charge is 2.11. The average Bonchev–Trinajstić information content (AvgIpc) is 3.11. The summed E-state index contributed by atoms with van der Waals surface area (Å²) in [4.78, 5) is 12.1. The molecule has 3 rings (SSSR count). The fraction of sp³-hybridized carbons (Fsp3) is 0.211. The molecule has 6 nitrogen and oxygen atoms in total. The molecule has 140 valence electrons. The Morgan fingerprint density at radius 2 is 1.85 bits per heavy atom. The summed E-state index contributed by atoms with van der Waals surface area (Å²) in [5.74, 6) is 0.973. The van der Waals surface area contributed by atoms with Gasteiger partial charge in [0, 0.05) is 5.69 Å². The van der Waals surface area contributed by atoms with Crippen molar-refractivity contribution in [3.05, 3.63) is 54.1 Å². The van der Waals surface area contributed by atoms with Gasteiger partial charge in [0.25, 0.3) is 0 Å². The topological polar surface area (TPSA) is 76.1 Å². The summed E-state index contributed by atoms with van der Waals surface area (Å²) in [6.07, 6.45) is 0. The second kappa shape index (κ2) is 9.38. The van der Waals surface area contributed by atoms with Gasteiger partial charge in [0.15, 0.2) is 4.34 Å². The zero-order valence-electron chi connectivity index (χ0n) is 15.1. The lowest BCUT2D eigenvalue weighted by Crippen LogP contribution is -2.14. The second-order valence-corrected chi connectivity index (χ2v) is 7.78. The van der Waals surface area contributed by atoms with E-state index in [1.165, 1.54) is 23.1 Å². The van der Waals surface area contributed by atoms with Crippen LogP contribution in [0.4, 0.5) is 16.5 Å². The molecule has 0 radical (unpaired) electrons. The quantitative estimate of drug-likeness (QED) is 0.533. The molecule has 1 aromatic heterocycles. The van der Waals surface area contributed by atoms with E-state index in [-0.39, 0.29) is 11.7 Å². The van der Waals surface area contributed by atoms with E-state index in [1.54, 1.807) is 0 Å². The molecule has 8 heteroatoms. The Kier molecular flexibility index (Phi) is 6.67. The minimum absolute atomic E-state index is 0.0688. The molecule has 0 fully saturated rings. The van der Waals surface area contributed by atoms with Crippen molar-refractivity contribution < 1.29 is 9.53 Å². The molecule has 0 saturated carbocycles. The standard InChI is InChI=1S/C19H20N4O2S2/c1-3-25-16-11-7-6-10-15(16)21-18-22-23-19(27-18)26-12-17(24)20-14-9-5-4-8-13(14)2/h4-11H,3,12H2,1-2H3,(H,20,24)(H,21,22). The maximum atomic E-state index is 12.1. The van der Waals surface area contributed by atoms with Gasteiger partial charge in [-0.3, -0.25) is 4.79 Å². The zero-order valence-corrected chi connectivity index (χ0v) is 16.7. The number of rotatable bonds is 8. The first-order valence-corrected chi connectivity index (χ1v) is 10.3. The third-order valence-electron chi connectivity index (χ3n) is 3.58. The first-order chi connectivity index (χ1) is 13.2. The van der Waals surface area contributed by atoms with Crippen molar-refractivity contribution in [1.82, 2.24) is 10.2 Å². The molecule has 1 heterocycles. The number of hydrogen-bond acceptors (Lipinski definition) is 7. The number of aryl methyl sites for hydroxylation is 1. The third-order valence-corrected chi connectivity index (χ3v) is 5.55. The molecule has 2 aromatic carbocycles. The molecule has 0 aliphatic carbocycles. The Morgan fingerprint density at radius 1 is 1.11 bits per heavy atom. The smallest absolute Gasteiger partial charge is 0.234 e. The molecule has 2 N–H and O–H groups in total. The first kappa shape index (κ1) is 19.2. The van der Waals surface area contributed by atoms with Crippen LogP contribution in [0.15, 0.2) is 52.9 Å². The maximum Gasteiger partial charge on any atom is 0.234 e. The Bertz CT molecular complexity index is 914. The molecule has 3 aromatic rings. The molecule has 1 amide bonds. The number of amides is 1. The van der Waals surface area contributed by atoms with Crippen LogP contribution >= 0.6 is 23.1 Å². The van der Waals surface area contributed by atoms with Gasteiger partial charge in [-0.15, -0.1) is 10.2 Å². The van der Waals surface area contributed by atoms with Crippen LogP contribution in [-0.4, -0.2) is 28.5 Å². The summed E-state index contributed by atoms with van der Waals surface area (Å²) in [6, 6.07) is 15.4. The number of nitrogens with one attached hydrogen (secondary N) is 2. The Labute approximate surface area is 166 Å². The minimum atomic E-state index is -0.0688. The van der Waals surface area contributed by atoms with Crippen LogP contribution in [0.3, 0.4) is 0 Å². The Hall–Kier alpha value is -2.58. The number of ether oxygens (including phenoxy) is 1. The van der Waals surface area contributed by atoms with Crippen LogP contribution in [0.1, 0.15) is 12.5 Å². The van der Waals surface area contributed by atoms with E-state index < -0.39 is 0 Å². The summed E-state index contributed by atoms with van der Waals surface area (Å²) >= 11 is 2.76. The molecule has 27 heavy (non-hydrogen) atoms. The lowest BCUT2D eigenvalue weighted by Gasteiger charge is -2.09. The SMILES string of the molecule is CCOc1ccccc1Nc1nnc(SCC(=O)Nc2ccccc2C)s1. The van der Waals surface area contributed by atoms with E-state index in [0.29, 0.717) is 11.7 Å². The molecular weight excluding hydrogens is 380 g/mol. The number of benzene rings is 2. The summed E-state index contributed by atoms with van der Waals surface area (Å²) in [5.41, 5.74) is 2.70. The Morgan fingerprint density at radius 3 is 2.63 bits per heavy atom. The number of thioether (sulfide) groups is 1. The van der Waals surface area contributed by atoms with E-state index in [4.69, 9.17) is 4.74 Å². The van der Waals surface area contributed by atoms with Crippen molar-refractivity contribution >= 4 is 45.5 Å². The predicted molar refractivity (Wildman–Crippen MR) is 111 cm³/mol. The van der Waals surface area contributed by atoms with Crippen LogP contribution in [0.2, 0.25) is 0 Å². The van der Waals surface area contributed by atoms with Gasteiger partial charge in [-0.1, -0.05) is 53.4 Å². The van der Waals surface area contributed by atoms with Gasteiger partial charge in [0.05, 0.1) is 18.0 Å². The lowest BCUT2D eigenvalue weighted by molar-refractivity contribution is -0.113. The van der Waals surface area contributed by atoms with Gasteiger partial charge >= 0.3 is 0 Å². The van der Waals surface area contributed by atoms with Crippen LogP contribution in [0.5, 0.6) is 5.75 Å².